The number of carbonyl (C=O) groups is 2. The van der Waals surface area contributed by atoms with Crippen LogP contribution in [0.3, 0.4) is 0 Å². The molecule has 0 bridgehead atoms. The molecular formula is C21H20N4O3S. The number of aromatic amines is 1. The number of nitrogens with zero attached hydrogens (tertiary/aromatic N) is 3. The molecule has 1 spiro atoms. The maximum atomic E-state index is 13.1. The second-order valence-corrected chi connectivity index (χ2v) is 9.15. The van der Waals surface area contributed by atoms with Gasteiger partial charge < -0.3 is 4.90 Å². The third-order valence-electron chi connectivity index (χ3n) is 5.85. The third kappa shape index (κ3) is 2.78. The van der Waals surface area contributed by atoms with Crippen molar-refractivity contribution in [3.8, 4) is 0 Å². The first-order valence-electron chi connectivity index (χ1n) is 9.59. The number of hydrogen-bond donors (Lipinski definition) is 1. The van der Waals surface area contributed by atoms with Crippen LogP contribution in [0.5, 0.6) is 0 Å². The SMILES string of the molecule is O=C(c1n[nH]c2ccccc12)N1CCC2(CC1)N(c1ccccc1)C(=O)CS2=O. The van der Waals surface area contributed by atoms with Gasteiger partial charge in [-0.05, 0) is 18.2 Å². The van der Waals surface area contributed by atoms with E-state index >= 15 is 0 Å². The molecule has 148 valence electrons. The number of anilines is 1. The van der Waals surface area contributed by atoms with Crippen LogP contribution in [-0.4, -0.2) is 54.8 Å². The summed E-state index contributed by atoms with van der Waals surface area (Å²) in [7, 11) is -1.30. The van der Waals surface area contributed by atoms with E-state index in [9.17, 15) is 13.8 Å². The second-order valence-electron chi connectivity index (χ2n) is 7.41. The minimum absolute atomic E-state index is 0.0346. The van der Waals surface area contributed by atoms with Crippen LogP contribution >= 0.6 is 0 Å². The average Bonchev–Trinajstić information content (AvgIpc) is 3.28. The molecule has 0 radical (unpaired) electrons. The minimum Gasteiger partial charge on any atom is -0.337 e. The van der Waals surface area contributed by atoms with E-state index in [4.69, 9.17) is 0 Å². The van der Waals surface area contributed by atoms with E-state index in [-0.39, 0.29) is 17.6 Å². The zero-order valence-corrected chi connectivity index (χ0v) is 16.5. The highest BCUT2D eigenvalue weighted by Gasteiger charge is 2.54. The molecule has 29 heavy (non-hydrogen) atoms. The normalized spacial score (nSPS) is 21.2. The molecule has 5 rings (SSSR count). The average molecular weight is 408 g/mol. The van der Waals surface area contributed by atoms with Gasteiger partial charge in [0.05, 0.1) is 16.3 Å². The monoisotopic (exact) mass is 408 g/mol. The molecule has 3 heterocycles. The highest BCUT2D eigenvalue weighted by atomic mass is 32.2. The molecule has 8 heteroatoms. The molecule has 2 aliphatic rings. The molecule has 2 aromatic carbocycles. The van der Waals surface area contributed by atoms with Crippen LogP contribution in [0.2, 0.25) is 0 Å². The van der Waals surface area contributed by atoms with E-state index in [1.807, 2.05) is 54.6 Å². The number of piperidine rings is 1. The predicted octanol–water partition coefficient (Wildman–Crippen LogP) is 2.29. The van der Waals surface area contributed by atoms with Crippen LogP contribution in [-0.2, 0) is 15.6 Å². The Balaban J connectivity index is 1.41. The van der Waals surface area contributed by atoms with E-state index in [1.165, 1.54) is 0 Å². The van der Waals surface area contributed by atoms with Gasteiger partial charge in [-0.15, -0.1) is 0 Å². The lowest BCUT2D eigenvalue weighted by atomic mass is 10.0. The zero-order valence-electron chi connectivity index (χ0n) is 15.7. The maximum Gasteiger partial charge on any atom is 0.274 e. The summed E-state index contributed by atoms with van der Waals surface area (Å²) in [6.07, 6.45) is 0.961. The summed E-state index contributed by atoms with van der Waals surface area (Å²) < 4.78 is 13.0. The fourth-order valence-corrected chi connectivity index (χ4v) is 6.05. The molecule has 0 aliphatic carbocycles. The van der Waals surface area contributed by atoms with Crippen molar-refractivity contribution in [3.63, 3.8) is 0 Å². The first kappa shape index (κ1) is 18.1. The van der Waals surface area contributed by atoms with Crippen LogP contribution in [0.25, 0.3) is 10.9 Å². The van der Waals surface area contributed by atoms with E-state index in [0.717, 1.165) is 16.6 Å². The molecule has 2 amide bonds. The molecule has 3 aromatic rings. The molecule has 2 fully saturated rings. The van der Waals surface area contributed by atoms with E-state index < -0.39 is 15.7 Å². The van der Waals surface area contributed by atoms with Gasteiger partial charge in [-0.3, -0.25) is 23.8 Å². The van der Waals surface area contributed by atoms with Crippen LogP contribution in [0.1, 0.15) is 23.3 Å². The van der Waals surface area contributed by atoms with Crippen LogP contribution in [0.15, 0.2) is 54.6 Å². The summed E-state index contributed by atoms with van der Waals surface area (Å²) in [5, 5.41) is 7.90. The molecule has 1 atom stereocenters. The van der Waals surface area contributed by atoms with Gasteiger partial charge in [0.15, 0.2) is 5.69 Å². The quantitative estimate of drug-likeness (QED) is 0.705. The van der Waals surface area contributed by atoms with Crippen LogP contribution < -0.4 is 4.90 Å². The summed E-state index contributed by atoms with van der Waals surface area (Å²) in [6.45, 7) is 0.866. The third-order valence-corrected chi connectivity index (χ3v) is 7.80. The van der Waals surface area contributed by atoms with Gasteiger partial charge >= 0.3 is 0 Å². The molecule has 2 aliphatic heterocycles. The van der Waals surface area contributed by atoms with Crippen molar-refractivity contribution in [3.05, 3.63) is 60.3 Å². The number of H-pyrrole nitrogens is 1. The predicted molar refractivity (Wildman–Crippen MR) is 111 cm³/mol. The van der Waals surface area contributed by atoms with Gasteiger partial charge in [0, 0.05) is 37.0 Å². The number of rotatable bonds is 2. The zero-order chi connectivity index (χ0) is 20.0. The van der Waals surface area contributed by atoms with Crippen molar-refractivity contribution in [2.75, 3.05) is 23.7 Å². The number of fused-ring (bicyclic) bond motifs is 1. The van der Waals surface area contributed by atoms with Gasteiger partial charge in [0.2, 0.25) is 5.91 Å². The van der Waals surface area contributed by atoms with Crippen molar-refractivity contribution in [1.29, 1.82) is 0 Å². The number of hydrogen-bond acceptors (Lipinski definition) is 4. The fourth-order valence-electron chi connectivity index (χ4n) is 4.38. The summed E-state index contributed by atoms with van der Waals surface area (Å²) in [5.41, 5.74) is 1.99. The van der Waals surface area contributed by atoms with Crippen LogP contribution in [0, 0.1) is 0 Å². The molecule has 2 saturated heterocycles. The number of carbonyl (C=O) groups excluding carboxylic acids is 2. The molecular weight excluding hydrogens is 388 g/mol. The summed E-state index contributed by atoms with van der Waals surface area (Å²) >= 11 is 0. The number of likely N-dealkylation sites (tertiary alicyclic amines) is 1. The standard InChI is InChI=1S/C21H20N4O3S/c26-18-14-29(28)21(25(18)15-6-2-1-3-7-15)10-12-24(13-11-21)20(27)19-16-8-4-5-9-17(16)22-23-19/h1-9H,10-14H2,(H,22,23). The topological polar surface area (TPSA) is 86.4 Å². The number of para-hydroxylation sites is 2. The largest absolute Gasteiger partial charge is 0.337 e. The Hall–Kier alpha value is -3.00. The Labute approximate surface area is 170 Å². The van der Waals surface area contributed by atoms with Crippen molar-refractivity contribution >= 4 is 39.2 Å². The second kappa shape index (κ2) is 6.81. The van der Waals surface area contributed by atoms with Crippen molar-refractivity contribution in [2.45, 2.75) is 17.7 Å². The van der Waals surface area contributed by atoms with Gasteiger partial charge in [-0.2, -0.15) is 5.10 Å². The molecule has 7 nitrogen and oxygen atoms in total. The number of amides is 2. The Morgan fingerprint density at radius 2 is 1.72 bits per heavy atom. The lowest BCUT2D eigenvalue weighted by Crippen LogP contribution is -2.56. The van der Waals surface area contributed by atoms with Gasteiger partial charge in [-0.1, -0.05) is 36.4 Å². The van der Waals surface area contributed by atoms with Crippen molar-refractivity contribution in [1.82, 2.24) is 15.1 Å². The maximum absolute atomic E-state index is 13.1. The summed E-state index contributed by atoms with van der Waals surface area (Å²) in [4.78, 5) is 28.4. The van der Waals surface area contributed by atoms with E-state index in [1.54, 1.807) is 9.80 Å². The van der Waals surface area contributed by atoms with E-state index in [0.29, 0.717) is 31.6 Å². The van der Waals surface area contributed by atoms with Gasteiger partial charge in [0.25, 0.3) is 5.91 Å². The summed E-state index contributed by atoms with van der Waals surface area (Å²) in [6, 6.07) is 16.9. The Morgan fingerprint density at radius 1 is 1.03 bits per heavy atom. The molecule has 1 aromatic heterocycles. The lowest BCUT2D eigenvalue weighted by Gasteiger charge is -2.43. The fraction of sp³-hybridized carbons (Fsp3) is 0.286. The number of aromatic nitrogens is 2. The Bertz CT molecular complexity index is 1120. The van der Waals surface area contributed by atoms with Gasteiger partial charge in [0.1, 0.15) is 10.6 Å². The molecule has 0 saturated carbocycles. The van der Waals surface area contributed by atoms with Gasteiger partial charge in [-0.25, -0.2) is 0 Å². The van der Waals surface area contributed by atoms with Crippen LogP contribution in [0.4, 0.5) is 5.69 Å². The highest BCUT2D eigenvalue weighted by molar-refractivity contribution is 7.88. The first-order valence-corrected chi connectivity index (χ1v) is 10.9. The lowest BCUT2D eigenvalue weighted by molar-refractivity contribution is -0.116. The smallest absolute Gasteiger partial charge is 0.274 e. The number of nitrogens with one attached hydrogen (secondary N) is 1. The van der Waals surface area contributed by atoms with Crippen molar-refractivity contribution < 1.29 is 13.8 Å². The van der Waals surface area contributed by atoms with E-state index in [2.05, 4.69) is 10.2 Å². The minimum atomic E-state index is -1.30. The Morgan fingerprint density at radius 3 is 2.48 bits per heavy atom. The van der Waals surface area contributed by atoms with Crippen molar-refractivity contribution in [2.24, 2.45) is 0 Å². The summed E-state index contributed by atoms with van der Waals surface area (Å²) in [5.74, 6) is -0.224. The Kier molecular flexibility index (Phi) is 4.24. The first-order chi connectivity index (χ1) is 14.1. The number of benzene rings is 2. The molecule has 1 N–H and O–H groups in total. The highest BCUT2D eigenvalue weighted by Crippen LogP contribution is 2.40. The molecule has 1 unspecified atom stereocenters.